The van der Waals surface area contributed by atoms with Crippen molar-refractivity contribution in [1.29, 1.82) is 0 Å². The van der Waals surface area contributed by atoms with Crippen LogP contribution in [0.3, 0.4) is 0 Å². The molecular weight excluding hydrogens is 513 g/mol. The van der Waals surface area contributed by atoms with Crippen LogP contribution in [0.4, 0.5) is 10.1 Å². The van der Waals surface area contributed by atoms with Crippen molar-refractivity contribution in [2.45, 2.75) is 58.7 Å². The lowest BCUT2D eigenvalue weighted by Gasteiger charge is -2.30. The van der Waals surface area contributed by atoms with Crippen LogP contribution < -0.4 is 19.1 Å². The van der Waals surface area contributed by atoms with Crippen molar-refractivity contribution in [3.63, 3.8) is 0 Å². The van der Waals surface area contributed by atoms with Gasteiger partial charge in [0.05, 0.1) is 11.9 Å². The average Bonchev–Trinajstić information content (AvgIpc) is 2.89. The van der Waals surface area contributed by atoms with Gasteiger partial charge in [-0.15, -0.1) is 0 Å². The minimum Gasteiger partial charge on any atom is -0.486 e. The van der Waals surface area contributed by atoms with Crippen LogP contribution in [-0.2, 0) is 26.2 Å². The molecule has 38 heavy (non-hydrogen) atoms. The normalized spacial score (nSPS) is 14.3. The fourth-order valence-electron chi connectivity index (χ4n) is 4.03. The van der Waals surface area contributed by atoms with Crippen LogP contribution in [0.1, 0.15) is 45.6 Å². The largest absolute Gasteiger partial charge is 0.486 e. The Balaban J connectivity index is 1.73. The topological polar surface area (TPSA) is 105 Å². The molecule has 2 aromatic rings. The maximum Gasteiger partial charge on any atom is 0.242 e. The maximum absolute atomic E-state index is 13.4. The molecule has 208 valence electrons. The van der Waals surface area contributed by atoms with Crippen LogP contribution in [0.25, 0.3) is 0 Å². The Kier molecular flexibility index (Phi) is 9.96. The summed E-state index contributed by atoms with van der Waals surface area (Å²) in [5.74, 6) is 0.0182. The van der Waals surface area contributed by atoms with Crippen LogP contribution in [-0.4, -0.2) is 63.2 Å². The van der Waals surface area contributed by atoms with Gasteiger partial charge in [0.1, 0.15) is 25.1 Å². The molecule has 1 aliphatic rings. The molecule has 0 aliphatic carbocycles. The smallest absolute Gasteiger partial charge is 0.242 e. The molecular formula is C27H36FN3O6S. The molecule has 0 saturated carbocycles. The van der Waals surface area contributed by atoms with E-state index in [-0.39, 0.29) is 43.8 Å². The van der Waals surface area contributed by atoms with Gasteiger partial charge in [-0.3, -0.25) is 13.9 Å². The third-order valence-corrected chi connectivity index (χ3v) is 7.59. The van der Waals surface area contributed by atoms with Crippen LogP contribution in [0.5, 0.6) is 11.5 Å². The van der Waals surface area contributed by atoms with Gasteiger partial charge in [0.25, 0.3) is 0 Å². The SMILES string of the molecule is CCC(C)NC(=O)C(C)N(Cc1ccc(F)cc1)C(=O)CCCN(c1ccc2c(c1)OCCO2)S(C)(=O)=O. The number of carbonyl (C=O) groups is 2. The van der Waals surface area contributed by atoms with Crippen molar-refractivity contribution in [3.05, 3.63) is 53.8 Å². The van der Waals surface area contributed by atoms with Crippen molar-refractivity contribution in [2.75, 3.05) is 30.3 Å². The second-order valence-corrected chi connectivity index (χ2v) is 11.3. The molecule has 0 fully saturated rings. The summed E-state index contributed by atoms with van der Waals surface area (Å²) in [5.41, 5.74) is 1.09. The highest BCUT2D eigenvalue weighted by Gasteiger charge is 2.27. The number of fused-ring (bicyclic) bond motifs is 1. The van der Waals surface area contributed by atoms with Crippen LogP contribution >= 0.6 is 0 Å². The molecule has 2 amide bonds. The van der Waals surface area contributed by atoms with Crippen molar-refractivity contribution in [2.24, 2.45) is 0 Å². The second kappa shape index (κ2) is 12.9. The van der Waals surface area contributed by atoms with E-state index in [4.69, 9.17) is 9.47 Å². The summed E-state index contributed by atoms with van der Waals surface area (Å²) in [6.45, 7) is 6.45. The van der Waals surface area contributed by atoms with E-state index in [9.17, 15) is 22.4 Å². The number of nitrogens with one attached hydrogen (secondary N) is 1. The highest BCUT2D eigenvalue weighted by atomic mass is 32.2. The summed E-state index contributed by atoms with van der Waals surface area (Å²) in [5, 5.41) is 2.90. The molecule has 2 atom stereocenters. The number of hydrogen-bond donors (Lipinski definition) is 1. The van der Waals surface area contributed by atoms with E-state index in [1.54, 1.807) is 37.3 Å². The van der Waals surface area contributed by atoms with E-state index in [1.807, 2.05) is 13.8 Å². The second-order valence-electron chi connectivity index (χ2n) is 9.41. The number of sulfonamides is 1. The first-order valence-electron chi connectivity index (χ1n) is 12.7. The molecule has 0 bridgehead atoms. The number of hydrogen-bond acceptors (Lipinski definition) is 6. The van der Waals surface area contributed by atoms with E-state index < -0.39 is 21.9 Å². The Bertz CT molecular complexity index is 1220. The summed E-state index contributed by atoms with van der Waals surface area (Å²) in [6, 6.07) is 9.84. The predicted molar refractivity (Wildman–Crippen MR) is 143 cm³/mol. The lowest BCUT2D eigenvalue weighted by Crippen LogP contribution is -2.49. The van der Waals surface area contributed by atoms with Crippen LogP contribution in [0.15, 0.2) is 42.5 Å². The van der Waals surface area contributed by atoms with Crippen LogP contribution in [0.2, 0.25) is 0 Å². The average molecular weight is 550 g/mol. The predicted octanol–water partition coefficient (Wildman–Crippen LogP) is 3.48. The Morgan fingerprint density at radius 2 is 1.71 bits per heavy atom. The van der Waals surface area contributed by atoms with Crippen LogP contribution in [0, 0.1) is 5.82 Å². The number of amides is 2. The lowest BCUT2D eigenvalue weighted by molar-refractivity contribution is -0.140. The first-order chi connectivity index (χ1) is 18.0. The van der Waals surface area contributed by atoms with E-state index in [0.717, 1.165) is 12.7 Å². The molecule has 0 aromatic heterocycles. The Labute approximate surface area is 224 Å². The lowest BCUT2D eigenvalue weighted by atomic mass is 10.1. The molecule has 11 heteroatoms. The van der Waals surface area contributed by atoms with Gasteiger partial charge in [-0.05, 0) is 56.5 Å². The summed E-state index contributed by atoms with van der Waals surface area (Å²) < 4.78 is 50.9. The maximum atomic E-state index is 13.4. The van der Waals surface area contributed by atoms with Crippen molar-refractivity contribution < 1.29 is 31.9 Å². The van der Waals surface area contributed by atoms with Gasteiger partial charge in [-0.25, -0.2) is 12.8 Å². The number of ether oxygens (including phenoxy) is 2. The van der Waals surface area contributed by atoms with Gasteiger partial charge in [0.2, 0.25) is 21.8 Å². The standard InChI is InChI=1S/C27H36FN3O6S/c1-5-19(2)29-27(33)20(3)30(18-21-8-10-22(28)11-9-21)26(32)7-6-14-31(38(4,34)35)23-12-13-24-25(17-23)37-16-15-36-24/h8-13,17,19-20H,5-7,14-16,18H2,1-4H3,(H,29,33). The first-order valence-corrected chi connectivity index (χ1v) is 14.6. The monoisotopic (exact) mass is 549 g/mol. The van der Waals surface area contributed by atoms with Crippen molar-refractivity contribution in [3.8, 4) is 11.5 Å². The van der Waals surface area contributed by atoms with E-state index in [1.165, 1.54) is 21.3 Å². The summed E-state index contributed by atoms with van der Waals surface area (Å²) in [6.07, 6.45) is 2.08. The van der Waals surface area contributed by atoms with Crippen molar-refractivity contribution >= 4 is 27.5 Å². The first kappa shape index (κ1) is 29.2. The number of halogens is 1. The van der Waals surface area contributed by atoms with Gasteiger partial charge in [0.15, 0.2) is 11.5 Å². The molecule has 0 radical (unpaired) electrons. The van der Waals surface area contributed by atoms with Gasteiger partial charge in [-0.1, -0.05) is 19.1 Å². The van der Waals surface area contributed by atoms with Gasteiger partial charge in [-0.2, -0.15) is 0 Å². The number of carbonyl (C=O) groups excluding carboxylic acids is 2. The zero-order valence-electron chi connectivity index (χ0n) is 22.3. The Morgan fingerprint density at radius 1 is 1.05 bits per heavy atom. The minimum absolute atomic E-state index is 0.0126. The fraction of sp³-hybridized carbons (Fsp3) is 0.481. The summed E-state index contributed by atoms with van der Waals surface area (Å²) in [4.78, 5) is 27.6. The molecule has 1 N–H and O–H groups in total. The Morgan fingerprint density at radius 3 is 2.34 bits per heavy atom. The fourth-order valence-corrected chi connectivity index (χ4v) is 4.98. The third-order valence-electron chi connectivity index (χ3n) is 6.40. The van der Waals surface area contributed by atoms with E-state index >= 15 is 0 Å². The number of nitrogens with zero attached hydrogens (tertiary/aromatic N) is 2. The molecule has 0 saturated heterocycles. The molecule has 0 spiro atoms. The van der Waals surface area contributed by atoms with Gasteiger partial charge >= 0.3 is 0 Å². The van der Waals surface area contributed by atoms with Gasteiger partial charge in [0, 0.05) is 31.6 Å². The highest BCUT2D eigenvalue weighted by molar-refractivity contribution is 7.92. The highest BCUT2D eigenvalue weighted by Crippen LogP contribution is 2.34. The molecule has 1 aliphatic heterocycles. The number of rotatable bonds is 12. The molecule has 2 aromatic carbocycles. The minimum atomic E-state index is -3.65. The molecule has 1 heterocycles. The van der Waals surface area contributed by atoms with E-state index in [2.05, 4.69) is 5.32 Å². The third kappa shape index (κ3) is 7.83. The molecule has 3 rings (SSSR count). The zero-order valence-corrected chi connectivity index (χ0v) is 23.1. The summed E-state index contributed by atoms with van der Waals surface area (Å²) >= 11 is 0. The number of benzene rings is 2. The Hall–Kier alpha value is -3.34. The number of anilines is 1. The molecule has 9 nitrogen and oxygen atoms in total. The summed E-state index contributed by atoms with van der Waals surface area (Å²) in [7, 11) is -3.65. The van der Waals surface area contributed by atoms with E-state index in [0.29, 0.717) is 36.0 Å². The zero-order chi connectivity index (χ0) is 27.9. The van der Waals surface area contributed by atoms with Gasteiger partial charge < -0.3 is 19.7 Å². The molecule has 2 unspecified atom stereocenters. The quantitative estimate of drug-likeness (QED) is 0.435. The van der Waals surface area contributed by atoms with Crippen molar-refractivity contribution in [1.82, 2.24) is 10.2 Å².